The van der Waals surface area contributed by atoms with E-state index in [1.807, 2.05) is 11.4 Å². The zero-order valence-electron chi connectivity index (χ0n) is 10.9. The lowest BCUT2D eigenvalue weighted by Gasteiger charge is -2.19. The van der Waals surface area contributed by atoms with Crippen molar-refractivity contribution in [3.8, 4) is 10.7 Å². The van der Waals surface area contributed by atoms with Gasteiger partial charge in [0.15, 0.2) is 5.82 Å². The summed E-state index contributed by atoms with van der Waals surface area (Å²) < 4.78 is 10.9. The minimum atomic E-state index is -0.672. The second-order valence-electron chi connectivity index (χ2n) is 4.92. The molecule has 7 heteroatoms. The third-order valence-electron chi connectivity index (χ3n) is 2.14. The van der Waals surface area contributed by atoms with Crippen molar-refractivity contribution in [1.82, 2.24) is 9.72 Å². The minimum absolute atomic E-state index is 0.215. The lowest BCUT2D eigenvalue weighted by atomic mass is 10.2. The van der Waals surface area contributed by atoms with Gasteiger partial charge < -0.3 is 4.74 Å². The first-order valence-corrected chi connectivity index (χ1v) is 6.57. The second kappa shape index (κ2) is 5.00. The molecule has 0 saturated heterocycles. The Balaban J connectivity index is 2.24. The Morgan fingerprint density at radius 3 is 2.84 bits per heavy atom. The molecule has 19 heavy (non-hydrogen) atoms. The van der Waals surface area contributed by atoms with E-state index in [9.17, 15) is 9.59 Å². The predicted molar refractivity (Wildman–Crippen MR) is 69.9 cm³/mol. The van der Waals surface area contributed by atoms with Gasteiger partial charge in [0.05, 0.1) is 4.88 Å². The number of esters is 1. The number of ether oxygens (including phenoxy) is 1. The number of rotatable bonds is 3. The van der Waals surface area contributed by atoms with Gasteiger partial charge in [0, 0.05) is 0 Å². The normalized spacial score (nSPS) is 11.5. The van der Waals surface area contributed by atoms with Gasteiger partial charge in [-0.25, -0.2) is 9.36 Å². The van der Waals surface area contributed by atoms with E-state index in [0.717, 1.165) is 4.88 Å². The summed E-state index contributed by atoms with van der Waals surface area (Å²) in [6.07, 6.45) is 0. The van der Waals surface area contributed by atoms with Crippen LogP contribution in [0.25, 0.3) is 10.7 Å². The molecule has 0 amide bonds. The maximum Gasteiger partial charge on any atom is 0.442 e. The van der Waals surface area contributed by atoms with Crippen molar-refractivity contribution in [1.29, 1.82) is 0 Å². The largest absolute Gasteiger partial charge is 0.459 e. The van der Waals surface area contributed by atoms with Gasteiger partial charge in [-0.05, 0) is 32.2 Å². The second-order valence-corrected chi connectivity index (χ2v) is 5.87. The first-order valence-electron chi connectivity index (χ1n) is 5.69. The number of hydrogen-bond donors (Lipinski definition) is 0. The van der Waals surface area contributed by atoms with Gasteiger partial charge >= 0.3 is 11.7 Å². The molecular formula is C12H14N2O4S. The molecule has 0 aliphatic rings. The van der Waals surface area contributed by atoms with Crippen molar-refractivity contribution in [2.75, 3.05) is 0 Å². The summed E-state index contributed by atoms with van der Waals surface area (Å²) in [5.74, 6) is -0.837. The zero-order valence-corrected chi connectivity index (χ0v) is 11.7. The van der Waals surface area contributed by atoms with Crippen molar-refractivity contribution in [2.45, 2.75) is 32.9 Å². The van der Waals surface area contributed by atoms with E-state index < -0.39 is 17.3 Å². The van der Waals surface area contributed by atoms with Crippen LogP contribution in [0.3, 0.4) is 0 Å². The third-order valence-corrected chi connectivity index (χ3v) is 3.00. The van der Waals surface area contributed by atoms with Crippen LogP contribution >= 0.6 is 11.3 Å². The molecule has 0 N–H and O–H groups in total. The standard InChI is InChI=1S/C12H14N2O4S/c1-12(2,3)17-9(15)7-14-10(13-18-11(14)16)8-5-4-6-19-8/h4-6H,7H2,1-3H3. The third kappa shape index (κ3) is 3.31. The van der Waals surface area contributed by atoms with E-state index in [1.54, 1.807) is 26.8 Å². The van der Waals surface area contributed by atoms with Gasteiger partial charge in [0.2, 0.25) is 0 Å². The van der Waals surface area contributed by atoms with Crippen molar-refractivity contribution in [2.24, 2.45) is 0 Å². The Morgan fingerprint density at radius 1 is 1.53 bits per heavy atom. The fourth-order valence-corrected chi connectivity index (χ4v) is 2.21. The lowest BCUT2D eigenvalue weighted by molar-refractivity contribution is -0.155. The van der Waals surface area contributed by atoms with E-state index in [1.165, 1.54) is 15.9 Å². The highest BCUT2D eigenvalue weighted by molar-refractivity contribution is 7.13. The molecule has 0 atom stereocenters. The number of aromatic nitrogens is 2. The highest BCUT2D eigenvalue weighted by atomic mass is 32.1. The smallest absolute Gasteiger partial charge is 0.442 e. The average Bonchev–Trinajstić information content (AvgIpc) is 2.87. The number of nitrogens with zero attached hydrogens (tertiary/aromatic N) is 2. The van der Waals surface area contributed by atoms with E-state index in [0.29, 0.717) is 5.82 Å². The van der Waals surface area contributed by atoms with Gasteiger partial charge in [0.25, 0.3) is 0 Å². The molecular weight excluding hydrogens is 268 g/mol. The summed E-state index contributed by atoms with van der Waals surface area (Å²) >= 11 is 1.41. The van der Waals surface area contributed by atoms with E-state index >= 15 is 0 Å². The van der Waals surface area contributed by atoms with Gasteiger partial charge in [-0.3, -0.25) is 9.32 Å². The first-order chi connectivity index (χ1) is 8.87. The molecule has 0 aliphatic heterocycles. The Bertz CT molecular complexity index is 619. The molecule has 0 aliphatic carbocycles. The molecule has 0 radical (unpaired) electrons. The molecule has 0 saturated carbocycles. The maximum absolute atomic E-state index is 11.8. The SMILES string of the molecule is CC(C)(C)OC(=O)Cn1c(-c2cccs2)noc1=O. The van der Waals surface area contributed by atoms with Crippen LogP contribution in [0.5, 0.6) is 0 Å². The summed E-state index contributed by atoms with van der Waals surface area (Å²) in [6.45, 7) is 5.08. The molecule has 2 heterocycles. The minimum Gasteiger partial charge on any atom is -0.459 e. The predicted octanol–water partition coefficient (Wildman–Crippen LogP) is 1.91. The van der Waals surface area contributed by atoms with Crippen molar-refractivity contribution >= 4 is 17.3 Å². The Labute approximate surface area is 113 Å². The van der Waals surface area contributed by atoms with Crippen LogP contribution in [0, 0.1) is 0 Å². The summed E-state index contributed by atoms with van der Waals surface area (Å²) in [6, 6.07) is 3.63. The number of carbonyl (C=O) groups excluding carboxylic acids is 1. The highest BCUT2D eigenvalue weighted by Crippen LogP contribution is 2.21. The highest BCUT2D eigenvalue weighted by Gasteiger charge is 2.21. The molecule has 2 rings (SSSR count). The Morgan fingerprint density at radius 2 is 2.26 bits per heavy atom. The molecule has 0 aromatic carbocycles. The number of hydrogen-bond acceptors (Lipinski definition) is 6. The average molecular weight is 282 g/mol. The van der Waals surface area contributed by atoms with Crippen LogP contribution in [0.15, 0.2) is 26.8 Å². The quantitative estimate of drug-likeness (QED) is 0.804. The molecule has 0 bridgehead atoms. The van der Waals surface area contributed by atoms with E-state index in [-0.39, 0.29) is 6.54 Å². The Hall–Kier alpha value is -1.89. The summed E-state index contributed by atoms with van der Waals surface area (Å²) in [7, 11) is 0. The monoisotopic (exact) mass is 282 g/mol. The van der Waals surface area contributed by atoms with Crippen LogP contribution in [0.1, 0.15) is 20.8 Å². The summed E-state index contributed by atoms with van der Waals surface area (Å²) in [5, 5.41) is 5.54. The fourth-order valence-electron chi connectivity index (χ4n) is 1.49. The summed E-state index contributed by atoms with van der Waals surface area (Å²) in [5.41, 5.74) is -0.596. The molecule has 2 aromatic heterocycles. The Kier molecular flexibility index (Phi) is 3.57. The number of thiophene rings is 1. The van der Waals surface area contributed by atoms with Crippen LogP contribution in [-0.2, 0) is 16.1 Å². The van der Waals surface area contributed by atoms with Crippen molar-refractivity contribution in [3.63, 3.8) is 0 Å². The molecule has 0 unspecified atom stereocenters. The molecule has 2 aromatic rings. The topological polar surface area (TPSA) is 74.3 Å². The van der Waals surface area contributed by atoms with Gasteiger partial charge in [-0.15, -0.1) is 11.3 Å². The maximum atomic E-state index is 11.8. The van der Waals surface area contributed by atoms with Crippen LogP contribution in [0.2, 0.25) is 0 Å². The van der Waals surface area contributed by atoms with Crippen LogP contribution in [0.4, 0.5) is 0 Å². The molecule has 0 fully saturated rings. The van der Waals surface area contributed by atoms with Gasteiger partial charge in [-0.2, -0.15) is 0 Å². The first kappa shape index (κ1) is 13.5. The van der Waals surface area contributed by atoms with Crippen LogP contribution in [-0.4, -0.2) is 21.3 Å². The van der Waals surface area contributed by atoms with Crippen molar-refractivity contribution in [3.05, 3.63) is 28.1 Å². The van der Waals surface area contributed by atoms with E-state index in [4.69, 9.17) is 4.74 Å². The van der Waals surface area contributed by atoms with E-state index in [2.05, 4.69) is 9.68 Å². The zero-order chi connectivity index (χ0) is 14.0. The fraction of sp³-hybridized carbons (Fsp3) is 0.417. The van der Waals surface area contributed by atoms with Crippen LogP contribution < -0.4 is 5.76 Å². The summed E-state index contributed by atoms with van der Waals surface area (Å²) in [4.78, 5) is 24.1. The lowest BCUT2D eigenvalue weighted by Crippen LogP contribution is -2.29. The molecule has 6 nitrogen and oxygen atoms in total. The molecule has 0 spiro atoms. The molecule has 102 valence electrons. The van der Waals surface area contributed by atoms with Gasteiger partial charge in [0.1, 0.15) is 12.1 Å². The van der Waals surface area contributed by atoms with Crippen molar-refractivity contribution < 1.29 is 14.1 Å². The van der Waals surface area contributed by atoms with Gasteiger partial charge in [-0.1, -0.05) is 11.2 Å². The number of carbonyl (C=O) groups is 1.